The highest BCUT2D eigenvalue weighted by molar-refractivity contribution is 5.33. The van der Waals surface area contributed by atoms with Gasteiger partial charge in [-0.05, 0) is 43.0 Å². The van der Waals surface area contributed by atoms with Crippen LogP contribution in [0.15, 0.2) is 18.2 Å². The Morgan fingerprint density at radius 2 is 2.00 bits per heavy atom. The van der Waals surface area contributed by atoms with Gasteiger partial charge in [0.05, 0.1) is 0 Å². The van der Waals surface area contributed by atoms with E-state index in [4.69, 9.17) is 0 Å². The van der Waals surface area contributed by atoms with E-state index in [1.54, 1.807) is 6.07 Å². The zero-order chi connectivity index (χ0) is 9.68. The summed E-state index contributed by atoms with van der Waals surface area (Å²) >= 11 is 0. The molecule has 1 rings (SSSR count). The van der Waals surface area contributed by atoms with Gasteiger partial charge in [-0.1, -0.05) is 25.8 Å². The Bertz CT molecular complexity index is 266. The summed E-state index contributed by atoms with van der Waals surface area (Å²) in [4.78, 5) is 0. The van der Waals surface area contributed by atoms with Gasteiger partial charge in [-0.2, -0.15) is 0 Å². The van der Waals surface area contributed by atoms with E-state index in [0.717, 1.165) is 6.42 Å². The summed E-state index contributed by atoms with van der Waals surface area (Å²) in [5, 5.41) is 9.21. The summed E-state index contributed by atoms with van der Waals surface area (Å²) in [5.74, 6) is 0.372. The number of hydrogen-bond donors (Lipinski definition) is 1. The van der Waals surface area contributed by atoms with Crippen molar-refractivity contribution in [2.45, 2.75) is 39.5 Å². The minimum atomic E-state index is 0.372. The number of phenols is 1. The van der Waals surface area contributed by atoms with E-state index in [1.165, 1.54) is 30.4 Å². The second kappa shape index (κ2) is 4.90. The van der Waals surface area contributed by atoms with Crippen LogP contribution in [0.4, 0.5) is 0 Å². The van der Waals surface area contributed by atoms with Crippen LogP contribution in [0.2, 0.25) is 0 Å². The third-order valence-electron chi connectivity index (χ3n) is 2.38. The van der Waals surface area contributed by atoms with E-state index < -0.39 is 0 Å². The lowest BCUT2D eigenvalue weighted by Crippen LogP contribution is -1.89. The Hall–Kier alpha value is -0.980. The van der Waals surface area contributed by atoms with E-state index in [9.17, 15) is 5.11 Å². The van der Waals surface area contributed by atoms with Gasteiger partial charge < -0.3 is 5.11 Å². The van der Waals surface area contributed by atoms with Crippen LogP contribution < -0.4 is 0 Å². The Kier molecular flexibility index (Phi) is 3.81. The van der Waals surface area contributed by atoms with Gasteiger partial charge in [-0.25, -0.2) is 0 Å². The summed E-state index contributed by atoms with van der Waals surface area (Å²) in [6, 6.07) is 5.63. The molecule has 0 aromatic heterocycles. The first-order valence-electron chi connectivity index (χ1n) is 5.02. The van der Waals surface area contributed by atoms with Crippen molar-refractivity contribution in [2.75, 3.05) is 0 Å². The van der Waals surface area contributed by atoms with Crippen LogP contribution in [0.3, 0.4) is 0 Å². The van der Waals surface area contributed by atoms with E-state index in [1.807, 2.05) is 12.1 Å². The zero-order valence-corrected chi connectivity index (χ0v) is 8.51. The number of aryl methyl sites for hydroxylation is 2. The molecule has 0 unspecified atom stereocenters. The molecule has 1 N–H and O–H groups in total. The predicted molar refractivity (Wildman–Crippen MR) is 56.1 cm³/mol. The molecule has 0 saturated carbocycles. The standard InChI is InChI=1S/C12H18O/c1-3-4-5-6-11-7-8-12(13)9-10(11)2/h7-9,13H,3-6H2,1-2H3. The predicted octanol–water partition coefficient (Wildman–Crippen LogP) is 3.43. The average Bonchev–Trinajstić information content (AvgIpc) is 2.09. The molecule has 0 radical (unpaired) electrons. The number of hydrogen-bond acceptors (Lipinski definition) is 1. The monoisotopic (exact) mass is 178 g/mol. The zero-order valence-electron chi connectivity index (χ0n) is 8.51. The normalized spacial score (nSPS) is 10.3. The highest BCUT2D eigenvalue weighted by atomic mass is 16.3. The fraction of sp³-hybridized carbons (Fsp3) is 0.500. The lowest BCUT2D eigenvalue weighted by atomic mass is 10.0. The molecule has 0 spiro atoms. The van der Waals surface area contributed by atoms with Gasteiger partial charge in [0.15, 0.2) is 0 Å². The van der Waals surface area contributed by atoms with E-state index in [2.05, 4.69) is 13.8 Å². The summed E-state index contributed by atoms with van der Waals surface area (Å²) in [6.07, 6.45) is 4.94. The molecule has 13 heavy (non-hydrogen) atoms. The molecule has 0 saturated heterocycles. The molecule has 72 valence electrons. The average molecular weight is 178 g/mol. The number of rotatable bonds is 4. The first-order chi connectivity index (χ1) is 6.24. The van der Waals surface area contributed by atoms with Crippen molar-refractivity contribution in [3.05, 3.63) is 29.3 Å². The summed E-state index contributed by atoms with van der Waals surface area (Å²) < 4.78 is 0. The lowest BCUT2D eigenvalue weighted by molar-refractivity contribution is 0.474. The molecule has 0 aliphatic rings. The van der Waals surface area contributed by atoms with Crippen LogP contribution in [0.1, 0.15) is 37.3 Å². The third-order valence-corrected chi connectivity index (χ3v) is 2.38. The Balaban J connectivity index is 2.56. The van der Waals surface area contributed by atoms with Crippen LogP contribution in [-0.4, -0.2) is 5.11 Å². The molecular weight excluding hydrogens is 160 g/mol. The number of phenolic OH excluding ortho intramolecular Hbond substituents is 1. The molecule has 1 aromatic carbocycles. The Morgan fingerprint density at radius 1 is 1.23 bits per heavy atom. The van der Waals surface area contributed by atoms with Crippen molar-refractivity contribution in [1.29, 1.82) is 0 Å². The molecule has 0 heterocycles. The molecule has 0 aliphatic carbocycles. The van der Waals surface area contributed by atoms with Gasteiger partial charge in [0.2, 0.25) is 0 Å². The Morgan fingerprint density at radius 3 is 2.62 bits per heavy atom. The maximum Gasteiger partial charge on any atom is 0.115 e. The van der Waals surface area contributed by atoms with Crippen molar-refractivity contribution in [3.8, 4) is 5.75 Å². The molecule has 1 aromatic rings. The summed E-state index contributed by atoms with van der Waals surface area (Å²) in [7, 11) is 0. The number of unbranched alkanes of at least 4 members (excludes halogenated alkanes) is 2. The van der Waals surface area contributed by atoms with Gasteiger partial charge >= 0.3 is 0 Å². The molecule has 0 bridgehead atoms. The Labute approximate surface area is 80.4 Å². The third kappa shape index (κ3) is 3.10. The molecule has 0 amide bonds. The van der Waals surface area contributed by atoms with Crippen molar-refractivity contribution in [3.63, 3.8) is 0 Å². The topological polar surface area (TPSA) is 20.2 Å². The molecule has 1 heteroatoms. The molecule has 0 fully saturated rings. The van der Waals surface area contributed by atoms with Crippen molar-refractivity contribution >= 4 is 0 Å². The van der Waals surface area contributed by atoms with Crippen LogP contribution in [0, 0.1) is 6.92 Å². The molecule has 0 atom stereocenters. The molecule has 1 nitrogen and oxygen atoms in total. The smallest absolute Gasteiger partial charge is 0.115 e. The van der Waals surface area contributed by atoms with Crippen LogP contribution in [-0.2, 0) is 6.42 Å². The number of benzene rings is 1. The summed E-state index contributed by atoms with van der Waals surface area (Å²) in [6.45, 7) is 4.27. The van der Waals surface area contributed by atoms with Crippen molar-refractivity contribution in [1.82, 2.24) is 0 Å². The largest absolute Gasteiger partial charge is 0.508 e. The molecule has 0 aliphatic heterocycles. The highest BCUT2D eigenvalue weighted by Gasteiger charge is 1.98. The summed E-state index contributed by atoms with van der Waals surface area (Å²) in [5.41, 5.74) is 2.57. The minimum absolute atomic E-state index is 0.372. The van der Waals surface area contributed by atoms with Gasteiger partial charge in [-0.15, -0.1) is 0 Å². The maximum atomic E-state index is 9.21. The second-order valence-corrected chi connectivity index (χ2v) is 3.57. The lowest BCUT2D eigenvalue weighted by Gasteiger charge is -2.05. The highest BCUT2D eigenvalue weighted by Crippen LogP contribution is 2.17. The molecular formula is C12H18O. The van der Waals surface area contributed by atoms with Gasteiger partial charge in [0, 0.05) is 0 Å². The SMILES string of the molecule is CCCCCc1ccc(O)cc1C. The van der Waals surface area contributed by atoms with Crippen LogP contribution >= 0.6 is 0 Å². The fourth-order valence-corrected chi connectivity index (χ4v) is 1.53. The first-order valence-corrected chi connectivity index (χ1v) is 5.02. The first kappa shape index (κ1) is 10.1. The van der Waals surface area contributed by atoms with Gasteiger partial charge in [-0.3, -0.25) is 0 Å². The quantitative estimate of drug-likeness (QED) is 0.700. The number of aromatic hydroxyl groups is 1. The van der Waals surface area contributed by atoms with Crippen LogP contribution in [0.25, 0.3) is 0 Å². The van der Waals surface area contributed by atoms with E-state index in [-0.39, 0.29) is 0 Å². The maximum absolute atomic E-state index is 9.21. The van der Waals surface area contributed by atoms with E-state index in [0.29, 0.717) is 5.75 Å². The van der Waals surface area contributed by atoms with Gasteiger partial charge in [0.25, 0.3) is 0 Å². The minimum Gasteiger partial charge on any atom is -0.508 e. The van der Waals surface area contributed by atoms with Crippen molar-refractivity contribution in [2.24, 2.45) is 0 Å². The van der Waals surface area contributed by atoms with Crippen molar-refractivity contribution < 1.29 is 5.11 Å². The fourth-order valence-electron chi connectivity index (χ4n) is 1.53. The van der Waals surface area contributed by atoms with Gasteiger partial charge in [0.1, 0.15) is 5.75 Å². The van der Waals surface area contributed by atoms with Crippen LogP contribution in [0.5, 0.6) is 5.75 Å². The second-order valence-electron chi connectivity index (χ2n) is 3.57. The van der Waals surface area contributed by atoms with E-state index >= 15 is 0 Å².